The first-order valence-electron chi connectivity index (χ1n) is 10.2. The molecule has 0 radical (unpaired) electrons. The molecule has 0 N–H and O–H groups in total. The SMILES string of the molecule is CCCC(=O)N(C)c1ccc2c(c1)CCCN2C(=O)CCc1ccc(C#N)cc1. The van der Waals surface area contributed by atoms with Crippen LogP contribution >= 0.6 is 0 Å². The molecule has 1 aliphatic heterocycles. The molecule has 0 saturated heterocycles. The topological polar surface area (TPSA) is 64.4 Å². The number of aryl methyl sites for hydroxylation is 2. The zero-order valence-electron chi connectivity index (χ0n) is 17.1. The van der Waals surface area contributed by atoms with E-state index in [0.717, 1.165) is 48.3 Å². The molecule has 1 heterocycles. The van der Waals surface area contributed by atoms with Gasteiger partial charge >= 0.3 is 0 Å². The molecule has 5 heteroatoms. The highest BCUT2D eigenvalue weighted by Crippen LogP contribution is 2.31. The average molecular weight is 389 g/mol. The molecular formula is C24H27N3O2. The molecule has 0 atom stereocenters. The third-order valence-corrected chi connectivity index (χ3v) is 5.42. The van der Waals surface area contributed by atoms with E-state index in [-0.39, 0.29) is 11.8 Å². The van der Waals surface area contributed by atoms with E-state index in [0.29, 0.717) is 24.8 Å². The Morgan fingerprint density at radius 1 is 1.14 bits per heavy atom. The van der Waals surface area contributed by atoms with Gasteiger partial charge in [-0.05, 0) is 67.1 Å². The van der Waals surface area contributed by atoms with E-state index < -0.39 is 0 Å². The summed E-state index contributed by atoms with van der Waals surface area (Å²) in [4.78, 5) is 28.6. The number of hydrogen-bond donors (Lipinski definition) is 0. The molecule has 0 aromatic heterocycles. The Morgan fingerprint density at radius 3 is 2.59 bits per heavy atom. The maximum Gasteiger partial charge on any atom is 0.227 e. The van der Waals surface area contributed by atoms with Gasteiger partial charge in [-0.3, -0.25) is 9.59 Å². The van der Waals surface area contributed by atoms with E-state index in [1.54, 1.807) is 17.0 Å². The van der Waals surface area contributed by atoms with Crippen LogP contribution in [-0.4, -0.2) is 25.4 Å². The Labute approximate surface area is 172 Å². The number of anilines is 2. The van der Waals surface area contributed by atoms with Gasteiger partial charge in [0, 0.05) is 37.8 Å². The van der Waals surface area contributed by atoms with E-state index in [1.165, 1.54) is 0 Å². The number of hydrogen-bond acceptors (Lipinski definition) is 3. The van der Waals surface area contributed by atoms with Crippen molar-refractivity contribution in [3.05, 3.63) is 59.2 Å². The van der Waals surface area contributed by atoms with Crippen molar-refractivity contribution in [3.63, 3.8) is 0 Å². The highest BCUT2D eigenvalue weighted by atomic mass is 16.2. The average Bonchev–Trinajstić information content (AvgIpc) is 2.76. The second-order valence-electron chi connectivity index (χ2n) is 7.47. The summed E-state index contributed by atoms with van der Waals surface area (Å²) in [6.07, 6.45) is 4.29. The van der Waals surface area contributed by atoms with Crippen LogP contribution in [0, 0.1) is 11.3 Å². The summed E-state index contributed by atoms with van der Waals surface area (Å²) in [5.74, 6) is 0.220. The van der Waals surface area contributed by atoms with E-state index in [2.05, 4.69) is 6.07 Å². The summed E-state index contributed by atoms with van der Waals surface area (Å²) in [7, 11) is 1.81. The van der Waals surface area contributed by atoms with Gasteiger partial charge in [-0.2, -0.15) is 5.26 Å². The maximum atomic E-state index is 12.9. The van der Waals surface area contributed by atoms with Crippen LogP contribution in [0.25, 0.3) is 0 Å². The minimum Gasteiger partial charge on any atom is -0.315 e. The van der Waals surface area contributed by atoms with Crippen LogP contribution in [0.4, 0.5) is 11.4 Å². The van der Waals surface area contributed by atoms with E-state index in [4.69, 9.17) is 5.26 Å². The van der Waals surface area contributed by atoms with Crippen LogP contribution in [0.15, 0.2) is 42.5 Å². The number of fused-ring (bicyclic) bond motifs is 1. The Morgan fingerprint density at radius 2 is 1.90 bits per heavy atom. The zero-order chi connectivity index (χ0) is 20.8. The molecule has 0 bridgehead atoms. The van der Waals surface area contributed by atoms with Crippen molar-refractivity contribution in [1.29, 1.82) is 5.26 Å². The van der Waals surface area contributed by atoms with Gasteiger partial charge in [0.25, 0.3) is 0 Å². The lowest BCUT2D eigenvalue weighted by Gasteiger charge is -2.31. The van der Waals surface area contributed by atoms with Gasteiger partial charge in [0.2, 0.25) is 11.8 Å². The predicted octanol–water partition coefficient (Wildman–Crippen LogP) is 4.23. The van der Waals surface area contributed by atoms with Crippen LogP contribution < -0.4 is 9.80 Å². The van der Waals surface area contributed by atoms with Gasteiger partial charge in [-0.1, -0.05) is 19.1 Å². The summed E-state index contributed by atoms with van der Waals surface area (Å²) in [6.45, 7) is 2.73. The molecule has 5 nitrogen and oxygen atoms in total. The fourth-order valence-corrected chi connectivity index (χ4v) is 3.71. The first kappa shape index (κ1) is 20.6. The fourth-order valence-electron chi connectivity index (χ4n) is 3.71. The smallest absolute Gasteiger partial charge is 0.227 e. The highest BCUT2D eigenvalue weighted by molar-refractivity contribution is 5.96. The monoisotopic (exact) mass is 389 g/mol. The van der Waals surface area contributed by atoms with Crippen LogP contribution in [-0.2, 0) is 22.4 Å². The summed E-state index contributed by atoms with van der Waals surface area (Å²) in [5, 5.41) is 8.89. The Balaban J connectivity index is 1.70. The van der Waals surface area contributed by atoms with Gasteiger partial charge in [-0.15, -0.1) is 0 Å². The van der Waals surface area contributed by atoms with Crippen LogP contribution in [0.2, 0.25) is 0 Å². The largest absolute Gasteiger partial charge is 0.315 e. The molecule has 150 valence electrons. The number of amides is 2. The number of nitrogens with zero attached hydrogens (tertiary/aromatic N) is 3. The Hall–Kier alpha value is -3.13. The van der Waals surface area contributed by atoms with Gasteiger partial charge < -0.3 is 9.80 Å². The molecule has 2 aromatic rings. The van der Waals surface area contributed by atoms with Gasteiger partial charge in [0.05, 0.1) is 11.6 Å². The fraction of sp³-hybridized carbons (Fsp3) is 0.375. The second kappa shape index (κ2) is 9.38. The first-order chi connectivity index (χ1) is 14.0. The minimum absolute atomic E-state index is 0.110. The van der Waals surface area contributed by atoms with Crippen molar-refractivity contribution in [2.45, 2.75) is 45.4 Å². The molecule has 29 heavy (non-hydrogen) atoms. The number of carbonyl (C=O) groups excluding carboxylic acids is 2. The van der Waals surface area contributed by atoms with Crippen molar-refractivity contribution in [2.24, 2.45) is 0 Å². The van der Waals surface area contributed by atoms with Crippen LogP contribution in [0.3, 0.4) is 0 Å². The van der Waals surface area contributed by atoms with Gasteiger partial charge in [-0.25, -0.2) is 0 Å². The molecule has 0 spiro atoms. The van der Waals surface area contributed by atoms with Crippen molar-refractivity contribution in [2.75, 3.05) is 23.4 Å². The van der Waals surface area contributed by atoms with E-state index >= 15 is 0 Å². The lowest BCUT2D eigenvalue weighted by Crippen LogP contribution is -2.36. The summed E-state index contributed by atoms with van der Waals surface area (Å²) >= 11 is 0. The van der Waals surface area contributed by atoms with Crippen LogP contribution in [0.1, 0.15) is 49.3 Å². The number of carbonyl (C=O) groups is 2. The molecule has 0 aliphatic carbocycles. The standard InChI is InChI=1S/C24H27N3O2/c1-3-5-23(28)26(2)21-12-13-22-20(16-21)6-4-15-27(22)24(29)14-11-18-7-9-19(17-25)10-8-18/h7-10,12-13,16H,3-6,11,14-15H2,1-2H3. The molecule has 0 saturated carbocycles. The van der Waals surface area contributed by atoms with Gasteiger partial charge in [0.15, 0.2) is 0 Å². The van der Waals surface area contributed by atoms with E-state index in [9.17, 15) is 9.59 Å². The van der Waals surface area contributed by atoms with Crippen molar-refractivity contribution >= 4 is 23.2 Å². The Kier molecular flexibility index (Phi) is 6.66. The Bertz CT molecular complexity index is 928. The van der Waals surface area contributed by atoms with Crippen molar-refractivity contribution in [3.8, 4) is 6.07 Å². The number of nitriles is 1. The summed E-state index contributed by atoms with van der Waals surface area (Å²) in [5.41, 5.74) is 4.65. The summed E-state index contributed by atoms with van der Waals surface area (Å²) < 4.78 is 0. The lowest BCUT2D eigenvalue weighted by molar-refractivity contribution is -0.119. The lowest BCUT2D eigenvalue weighted by atomic mass is 9.99. The molecular weight excluding hydrogens is 362 g/mol. The molecule has 2 aromatic carbocycles. The summed E-state index contributed by atoms with van der Waals surface area (Å²) in [6, 6.07) is 15.4. The quantitative estimate of drug-likeness (QED) is 0.742. The zero-order valence-corrected chi connectivity index (χ0v) is 17.1. The molecule has 2 amide bonds. The minimum atomic E-state index is 0.110. The number of rotatable bonds is 6. The molecule has 0 unspecified atom stereocenters. The third kappa shape index (κ3) is 4.83. The van der Waals surface area contributed by atoms with Crippen LogP contribution in [0.5, 0.6) is 0 Å². The van der Waals surface area contributed by atoms with Gasteiger partial charge in [0.1, 0.15) is 0 Å². The predicted molar refractivity (Wildman–Crippen MR) is 115 cm³/mol. The molecule has 0 fully saturated rings. The first-order valence-corrected chi connectivity index (χ1v) is 10.2. The second-order valence-corrected chi connectivity index (χ2v) is 7.47. The molecule has 3 rings (SSSR count). The third-order valence-electron chi connectivity index (χ3n) is 5.42. The molecule has 1 aliphatic rings. The maximum absolute atomic E-state index is 12.9. The number of benzene rings is 2. The van der Waals surface area contributed by atoms with Crippen molar-refractivity contribution < 1.29 is 9.59 Å². The van der Waals surface area contributed by atoms with Crippen molar-refractivity contribution in [1.82, 2.24) is 0 Å². The van der Waals surface area contributed by atoms with E-state index in [1.807, 2.05) is 49.2 Å². The highest BCUT2D eigenvalue weighted by Gasteiger charge is 2.23. The normalized spacial score (nSPS) is 12.8.